The van der Waals surface area contributed by atoms with Gasteiger partial charge in [0, 0.05) is 11.8 Å². The molecule has 0 aromatic rings. The van der Waals surface area contributed by atoms with E-state index in [1.807, 2.05) is 11.8 Å². The summed E-state index contributed by atoms with van der Waals surface area (Å²) in [6.45, 7) is 0.653. The van der Waals surface area contributed by atoms with E-state index in [1.165, 1.54) is 0 Å². The van der Waals surface area contributed by atoms with Crippen molar-refractivity contribution in [2.45, 2.75) is 25.7 Å². The highest BCUT2D eigenvalue weighted by molar-refractivity contribution is 5.87. The molecule has 4 heteroatoms. The van der Waals surface area contributed by atoms with Crippen molar-refractivity contribution < 1.29 is 19.1 Å². The van der Waals surface area contributed by atoms with Gasteiger partial charge < -0.3 is 9.47 Å². The summed E-state index contributed by atoms with van der Waals surface area (Å²) in [4.78, 5) is 21.0. The van der Waals surface area contributed by atoms with Crippen LogP contribution in [-0.2, 0) is 19.1 Å². The minimum absolute atomic E-state index is 0.327. The molecule has 0 unspecified atom stereocenters. The molecule has 0 aliphatic rings. The predicted octanol–water partition coefficient (Wildman–Crippen LogP) is 0.900. The molecule has 0 spiro atoms. The molecule has 0 amide bonds. The van der Waals surface area contributed by atoms with Crippen LogP contribution in [-0.4, -0.2) is 25.2 Å². The number of ether oxygens (including phenoxy) is 2. The van der Waals surface area contributed by atoms with Gasteiger partial charge in [0.25, 0.3) is 0 Å². The van der Waals surface area contributed by atoms with Crippen molar-refractivity contribution in [3.63, 3.8) is 0 Å². The van der Waals surface area contributed by atoms with Gasteiger partial charge in [-0.15, -0.1) is 12.8 Å². The van der Waals surface area contributed by atoms with Crippen molar-refractivity contribution in [2.24, 2.45) is 0 Å². The summed E-state index contributed by atoms with van der Waals surface area (Å²) in [5, 5.41) is 0. The average Bonchev–Trinajstić information content (AvgIpc) is 2.31. The van der Waals surface area contributed by atoms with Crippen molar-refractivity contribution >= 4 is 11.9 Å². The third kappa shape index (κ3) is 8.65. The summed E-state index contributed by atoms with van der Waals surface area (Å²) >= 11 is 0. The van der Waals surface area contributed by atoms with Crippen LogP contribution in [0.2, 0.25) is 0 Å². The maximum Gasteiger partial charge on any atom is 0.384 e. The van der Waals surface area contributed by atoms with Crippen LogP contribution in [0.25, 0.3) is 0 Å². The zero-order valence-electron chi connectivity index (χ0n) is 9.03. The van der Waals surface area contributed by atoms with E-state index < -0.39 is 11.9 Å². The van der Waals surface area contributed by atoms with Crippen molar-refractivity contribution in [1.82, 2.24) is 0 Å². The number of terminal acetylenes is 2. The molecule has 0 bridgehead atoms. The molecule has 0 fully saturated rings. The molecule has 0 radical (unpaired) electrons. The van der Waals surface area contributed by atoms with Gasteiger partial charge in [-0.05, 0) is 25.7 Å². The van der Waals surface area contributed by atoms with Crippen LogP contribution in [0.15, 0.2) is 0 Å². The Kier molecular flexibility index (Phi) is 8.44. The molecular weight excluding hydrogens is 208 g/mol. The maximum atomic E-state index is 10.5. The zero-order chi connectivity index (χ0) is 12.2. The average molecular weight is 222 g/mol. The highest BCUT2D eigenvalue weighted by Crippen LogP contribution is 2.00. The second-order valence-electron chi connectivity index (χ2n) is 2.97. The first-order valence-electron chi connectivity index (χ1n) is 4.97. The Labute approximate surface area is 95.3 Å². The third-order valence-corrected chi connectivity index (χ3v) is 1.74. The molecule has 16 heavy (non-hydrogen) atoms. The molecule has 0 N–H and O–H groups in total. The first kappa shape index (κ1) is 14.1. The first-order valence-corrected chi connectivity index (χ1v) is 4.97. The van der Waals surface area contributed by atoms with Crippen molar-refractivity contribution in [3.05, 3.63) is 0 Å². The quantitative estimate of drug-likeness (QED) is 0.278. The highest BCUT2D eigenvalue weighted by Gasteiger charge is 1.97. The van der Waals surface area contributed by atoms with Crippen LogP contribution in [0, 0.1) is 24.7 Å². The molecule has 0 aliphatic heterocycles. The highest BCUT2D eigenvalue weighted by atomic mass is 16.5. The molecule has 0 heterocycles. The third-order valence-electron chi connectivity index (χ3n) is 1.74. The lowest BCUT2D eigenvalue weighted by Crippen LogP contribution is -2.03. The van der Waals surface area contributed by atoms with E-state index in [1.54, 1.807) is 0 Å². The summed E-state index contributed by atoms with van der Waals surface area (Å²) in [6, 6.07) is 0. The molecule has 0 aromatic heterocycles. The van der Waals surface area contributed by atoms with Crippen LogP contribution < -0.4 is 0 Å². The van der Waals surface area contributed by atoms with Crippen molar-refractivity contribution in [1.29, 1.82) is 0 Å². The van der Waals surface area contributed by atoms with E-state index in [0.717, 1.165) is 25.7 Å². The number of esters is 2. The number of unbranched alkanes of at least 4 members (excludes halogenated alkanes) is 3. The topological polar surface area (TPSA) is 52.6 Å². The van der Waals surface area contributed by atoms with Gasteiger partial charge in [-0.2, -0.15) is 0 Å². The number of hydrogen-bond acceptors (Lipinski definition) is 4. The Bertz CT molecular complexity index is 274. The molecule has 0 aromatic carbocycles. The normalized spacial score (nSPS) is 8.62. The van der Waals surface area contributed by atoms with Gasteiger partial charge in [-0.3, -0.25) is 0 Å². The fourth-order valence-corrected chi connectivity index (χ4v) is 0.971. The van der Waals surface area contributed by atoms with E-state index in [0.29, 0.717) is 13.2 Å². The van der Waals surface area contributed by atoms with E-state index in [4.69, 9.17) is 12.8 Å². The monoisotopic (exact) mass is 222 g/mol. The molecule has 0 saturated heterocycles. The summed E-state index contributed by atoms with van der Waals surface area (Å²) in [5.74, 6) is 2.44. The largest absolute Gasteiger partial charge is 0.456 e. The second-order valence-corrected chi connectivity index (χ2v) is 2.97. The fraction of sp³-hybridized carbons (Fsp3) is 0.500. The maximum absolute atomic E-state index is 10.5. The standard InChI is InChI=1S/C12H14O4/c1-3-11(13)15-9-7-5-6-8-10-16-12(14)4-2/h1-2H,5-10H2. The van der Waals surface area contributed by atoms with E-state index >= 15 is 0 Å². The molecule has 0 aliphatic carbocycles. The Hall–Kier alpha value is -1.94. The molecule has 86 valence electrons. The van der Waals surface area contributed by atoms with Gasteiger partial charge in [-0.1, -0.05) is 0 Å². The van der Waals surface area contributed by atoms with Crippen molar-refractivity contribution in [2.75, 3.05) is 13.2 Å². The lowest BCUT2D eigenvalue weighted by molar-refractivity contribution is -0.138. The van der Waals surface area contributed by atoms with Gasteiger partial charge in [-0.25, -0.2) is 9.59 Å². The first-order chi connectivity index (χ1) is 7.70. The van der Waals surface area contributed by atoms with Crippen LogP contribution >= 0.6 is 0 Å². The van der Waals surface area contributed by atoms with Gasteiger partial charge in [0.1, 0.15) is 0 Å². The van der Waals surface area contributed by atoms with Crippen molar-refractivity contribution in [3.8, 4) is 24.7 Å². The molecule has 4 nitrogen and oxygen atoms in total. The summed E-state index contributed by atoms with van der Waals surface area (Å²) in [6.07, 6.45) is 12.9. The van der Waals surface area contributed by atoms with E-state index in [2.05, 4.69) is 9.47 Å². The minimum atomic E-state index is -0.636. The van der Waals surface area contributed by atoms with Crippen LogP contribution in [0.1, 0.15) is 25.7 Å². The van der Waals surface area contributed by atoms with E-state index in [9.17, 15) is 9.59 Å². The second kappa shape index (κ2) is 9.61. The van der Waals surface area contributed by atoms with E-state index in [-0.39, 0.29) is 0 Å². The van der Waals surface area contributed by atoms with Crippen LogP contribution in [0.3, 0.4) is 0 Å². The van der Waals surface area contributed by atoms with Gasteiger partial charge >= 0.3 is 11.9 Å². The Balaban J connectivity index is 3.17. The summed E-state index contributed by atoms with van der Waals surface area (Å²) in [7, 11) is 0. The number of carbonyl (C=O) groups is 2. The zero-order valence-corrected chi connectivity index (χ0v) is 9.03. The van der Waals surface area contributed by atoms with Gasteiger partial charge in [0.2, 0.25) is 0 Å². The van der Waals surface area contributed by atoms with Crippen LogP contribution in [0.5, 0.6) is 0 Å². The predicted molar refractivity (Wildman–Crippen MR) is 58.1 cm³/mol. The van der Waals surface area contributed by atoms with Crippen LogP contribution in [0.4, 0.5) is 0 Å². The molecule has 0 atom stereocenters. The van der Waals surface area contributed by atoms with Gasteiger partial charge in [0.15, 0.2) is 0 Å². The summed E-state index contributed by atoms with van der Waals surface area (Å²) < 4.78 is 9.33. The van der Waals surface area contributed by atoms with Gasteiger partial charge in [0.05, 0.1) is 13.2 Å². The lowest BCUT2D eigenvalue weighted by atomic mass is 10.2. The summed E-state index contributed by atoms with van der Waals surface area (Å²) in [5.41, 5.74) is 0. The fourth-order valence-electron chi connectivity index (χ4n) is 0.971. The Morgan fingerprint density at radius 2 is 1.19 bits per heavy atom. The Morgan fingerprint density at radius 1 is 0.812 bits per heavy atom. The number of carbonyl (C=O) groups excluding carboxylic acids is 2. The molecule has 0 saturated carbocycles. The Morgan fingerprint density at radius 3 is 1.50 bits per heavy atom. The minimum Gasteiger partial charge on any atom is -0.456 e. The smallest absolute Gasteiger partial charge is 0.384 e. The lowest BCUT2D eigenvalue weighted by Gasteiger charge is -2.02. The number of rotatable bonds is 7. The molecule has 0 rings (SSSR count). The molecular formula is C12H14O4. The number of hydrogen-bond donors (Lipinski definition) is 0. The SMILES string of the molecule is C#CC(=O)OCCCCCCOC(=O)C#C.